The van der Waals surface area contributed by atoms with Gasteiger partial charge in [0, 0.05) is 12.5 Å². The summed E-state index contributed by atoms with van der Waals surface area (Å²) in [6.45, 7) is 1.55. The molecule has 4 atom stereocenters. The normalized spacial score (nSPS) is 27.0. The molecule has 3 rings (SSSR count). The maximum absolute atomic E-state index is 12.8. The van der Waals surface area contributed by atoms with Crippen molar-refractivity contribution in [2.75, 3.05) is 6.61 Å². The fourth-order valence-corrected chi connectivity index (χ4v) is 3.62. The lowest BCUT2D eigenvalue weighted by Gasteiger charge is -2.40. The first-order chi connectivity index (χ1) is 13.1. The molecule has 0 saturated carbocycles. The van der Waals surface area contributed by atoms with Gasteiger partial charge in [-0.1, -0.05) is 17.3 Å². The van der Waals surface area contributed by atoms with Gasteiger partial charge in [0.2, 0.25) is 0 Å². The summed E-state index contributed by atoms with van der Waals surface area (Å²) in [6, 6.07) is 4.09. The van der Waals surface area contributed by atoms with Crippen LogP contribution in [-0.4, -0.2) is 49.1 Å². The number of rotatable bonds is 5. The third-order valence-corrected chi connectivity index (χ3v) is 4.94. The van der Waals surface area contributed by atoms with Gasteiger partial charge >= 0.3 is 6.18 Å². The molecule has 1 aliphatic rings. The van der Waals surface area contributed by atoms with Crippen LogP contribution in [0.15, 0.2) is 30.5 Å². The van der Waals surface area contributed by atoms with Crippen molar-refractivity contribution in [1.82, 2.24) is 20.3 Å². The zero-order valence-electron chi connectivity index (χ0n) is 15.3. The van der Waals surface area contributed by atoms with Crippen LogP contribution in [0.2, 0.25) is 0 Å². The average Bonchev–Trinajstić information content (AvgIpc) is 3.09. The maximum Gasteiger partial charge on any atom is 0.416 e. The van der Waals surface area contributed by atoms with Gasteiger partial charge in [-0.05, 0) is 31.0 Å². The Morgan fingerprint density at radius 3 is 2.57 bits per heavy atom. The van der Waals surface area contributed by atoms with Crippen molar-refractivity contribution in [3.05, 3.63) is 47.3 Å². The van der Waals surface area contributed by atoms with Gasteiger partial charge < -0.3 is 20.6 Å². The molecule has 0 aliphatic carbocycles. The highest BCUT2D eigenvalue weighted by atomic mass is 19.4. The van der Waals surface area contributed by atoms with E-state index in [-0.39, 0.29) is 25.0 Å². The lowest BCUT2D eigenvalue weighted by Crippen LogP contribution is -2.47. The molecule has 1 aromatic heterocycles. The highest BCUT2D eigenvalue weighted by molar-refractivity contribution is 5.30. The quantitative estimate of drug-likeness (QED) is 0.604. The smallest absolute Gasteiger partial charge is 0.394 e. The molecule has 10 heteroatoms. The van der Waals surface area contributed by atoms with Crippen molar-refractivity contribution in [2.45, 2.75) is 56.3 Å². The summed E-state index contributed by atoms with van der Waals surface area (Å²) in [5.41, 5.74) is -1.11. The summed E-state index contributed by atoms with van der Waals surface area (Å²) in [5.74, 6) is 0. The number of alkyl halides is 3. The molecule has 0 radical (unpaired) electrons. The van der Waals surface area contributed by atoms with Crippen LogP contribution in [0.1, 0.15) is 42.6 Å². The number of hydrogen-bond acceptors (Lipinski definition) is 6. The Balaban J connectivity index is 1.80. The van der Waals surface area contributed by atoms with E-state index >= 15 is 0 Å². The van der Waals surface area contributed by atoms with Crippen molar-refractivity contribution in [1.29, 1.82) is 0 Å². The van der Waals surface area contributed by atoms with E-state index in [1.807, 2.05) is 6.92 Å². The largest absolute Gasteiger partial charge is 0.416 e. The monoisotopic (exact) mass is 400 g/mol. The molecule has 154 valence electrons. The van der Waals surface area contributed by atoms with Crippen LogP contribution >= 0.6 is 0 Å². The van der Waals surface area contributed by atoms with Gasteiger partial charge in [0.1, 0.15) is 0 Å². The number of hydrogen-bond donors (Lipinski definition) is 4. The van der Waals surface area contributed by atoms with Gasteiger partial charge in [-0.15, -0.1) is 5.10 Å². The molecule has 1 aromatic carbocycles. The predicted molar refractivity (Wildman–Crippen MR) is 93.0 cm³/mol. The first kappa shape index (κ1) is 20.7. The second-order valence-electron chi connectivity index (χ2n) is 7.34. The molecule has 28 heavy (non-hydrogen) atoms. The highest BCUT2D eigenvalue weighted by Gasteiger charge is 2.41. The van der Waals surface area contributed by atoms with Crippen LogP contribution in [0.4, 0.5) is 13.2 Å². The van der Waals surface area contributed by atoms with Crippen LogP contribution < -0.4 is 5.32 Å². The topological polar surface area (TPSA) is 103 Å². The third-order valence-electron chi connectivity index (χ3n) is 4.94. The summed E-state index contributed by atoms with van der Waals surface area (Å²) in [6.07, 6.45) is -3.22. The van der Waals surface area contributed by atoms with E-state index < -0.39 is 30.1 Å². The minimum atomic E-state index is -4.43. The Hall–Kier alpha value is -2.01. The minimum absolute atomic E-state index is 0.0783. The number of aliphatic hydroxyl groups excluding tert-OH is 2. The number of piperidine rings is 1. The van der Waals surface area contributed by atoms with Crippen LogP contribution in [-0.2, 0) is 18.3 Å². The summed E-state index contributed by atoms with van der Waals surface area (Å²) in [7, 11) is 0. The molecule has 4 N–H and O–H groups in total. The number of benzene rings is 1. The molecular formula is C18H23F3N4O3. The van der Waals surface area contributed by atoms with Gasteiger partial charge in [0.25, 0.3) is 0 Å². The molecule has 2 heterocycles. The molecule has 7 nitrogen and oxygen atoms in total. The molecular weight excluding hydrogens is 377 g/mol. The number of halogens is 3. The molecule has 2 aromatic rings. The SMILES string of the molecule is C[C@H]1CC(O)(c2ccc(C(F)(F)F)cc2)C[C@@H](c2cn(C[C@@H](O)CO)nn2)N1. The van der Waals surface area contributed by atoms with Crippen molar-refractivity contribution < 1.29 is 28.5 Å². The van der Waals surface area contributed by atoms with Crippen LogP contribution in [0, 0.1) is 0 Å². The summed E-state index contributed by atoms with van der Waals surface area (Å²) >= 11 is 0. The van der Waals surface area contributed by atoms with Gasteiger partial charge in [0.15, 0.2) is 0 Å². The Bertz CT molecular complexity index is 796. The predicted octanol–water partition coefficient (Wildman–Crippen LogP) is 1.35. The van der Waals surface area contributed by atoms with Gasteiger partial charge in [-0.2, -0.15) is 13.2 Å². The van der Waals surface area contributed by atoms with E-state index in [2.05, 4.69) is 15.6 Å². The second-order valence-corrected chi connectivity index (χ2v) is 7.34. The fraction of sp³-hybridized carbons (Fsp3) is 0.556. The molecule has 0 bridgehead atoms. The Morgan fingerprint density at radius 2 is 1.96 bits per heavy atom. The van der Waals surface area contributed by atoms with E-state index in [1.165, 1.54) is 16.8 Å². The van der Waals surface area contributed by atoms with Crippen LogP contribution in [0.25, 0.3) is 0 Å². The van der Waals surface area contributed by atoms with Crippen molar-refractivity contribution in [3.63, 3.8) is 0 Å². The zero-order valence-corrected chi connectivity index (χ0v) is 15.3. The van der Waals surface area contributed by atoms with Crippen molar-refractivity contribution in [3.8, 4) is 0 Å². The summed E-state index contributed by atoms with van der Waals surface area (Å²) in [4.78, 5) is 0. The molecule has 1 unspecified atom stereocenters. The maximum atomic E-state index is 12.8. The van der Waals surface area contributed by atoms with Gasteiger partial charge in [-0.25, -0.2) is 4.68 Å². The first-order valence-corrected chi connectivity index (χ1v) is 8.96. The lowest BCUT2D eigenvalue weighted by atomic mass is 9.78. The number of aliphatic hydroxyl groups is 3. The fourth-order valence-electron chi connectivity index (χ4n) is 3.62. The Kier molecular flexibility index (Phi) is 5.76. The first-order valence-electron chi connectivity index (χ1n) is 8.96. The van der Waals surface area contributed by atoms with E-state index in [4.69, 9.17) is 5.11 Å². The highest BCUT2D eigenvalue weighted by Crippen LogP contribution is 2.40. The van der Waals surface area contributed by atoms with Crippen LogP contribution in [0.3, 0.4) is 0 Å². The molecule has 1 saturated heterocycles. The van der Waals surface area contributed by atoms with E-state index in [1.54, 1.807) is 6.20 Å². The molecule has 0 spiro atoms. The third kappa shape index (κ3) is 4.52. The van der Waals surface area contributed by atoms with Crippen molar-refractivity contribution >= 4 is 0 Å². The van der Waals surface area contributed by atoms with Crippen molar-refractivity contribution in [2.24, 2.45) is 0 Å². The standard InChI is InChI=1S/C18H23F3N4O3/c1-11-6-17(28,12-2-4-13(5-3-12)18(19,20)21)7-15(22-11)16-9-25(24-23-16)8-14(27)10-26/h2-5,9,11,14-15,22,26-28H,6-8,10H2,1H3/t11-,14+,15-,17?/m0/s1. The lowest BCUT2D eigenvalue weighted by molar-refractivity contribution is -0.137. The molecule has 1 aliphatic heterocycles. The molecule has 0 amide bonds. The van der Waals surface area contributed by atoms with E-state index in [9.17, 15) is 23.4 Å². The van der Waals surface area contributed by atoms with Gasteiger partial charge in [-0.3, -0.25) is 0 Å². The number of nitrogens with one attached hydrogen (secondary N) is 1. The number of aromatic nitrogens is 3. The molecule has 1 fully saturated rings. The minimum Gasteiger partial charge on any atom is -0.394 e. The Morgan fingerprint density at radius 1 is 1.29 bits per heavy atom. The second kappa shape index (κ2) is 7.78. The van der Waals surface area contributed by atoms with Crippen LogP contribution in [0.5, 0.6) is 0 Å². The van der Waals surface area contributed by atoms with E-state index in [0.717, 1.165) is 12.1 Å². The van der Waals surface area contributed by atoms with Gasteiger partial charge in [0.05, 0.1) is 48.4 Å². The number of nitrogens with zero attached hydrogens (tertiary/aromatic N) is 3. The summed E-state index contributed by atoms with van der Waals surface area (Å²) < 4.78 is 39.8. The average molecular weight is 400 g/mol. The zero-order chi connectivity index (χ0) is 20.5. The Labute approximate surface area is 159 Å². The van der Waals surface area contributed by atoms with E-state index in [0.29, 0.717) is 17.7 Å². The summed E-state index contributed by atoms with van der Waals surface area (Å²) in [5, 5.41) is 40.9.